The molecule has 1 unspecified atom stereocenters. The third kappa shape index (κ3) is 12.0. The summed E-state index contributed by atoms with van der Waals surface area (Å²) in [7, 11) is 0. The van der Waals surface area contributed by atoms with Crippen LogP contribution in [-0.4, -0.2) is 140 Å². The Morgan fingerprint density at radius 2 is 1.29 bits per heavy atom. The van der Waals surface area contributed by atoms with Crippen LogP contribution in [0.4, 0.5) is 10.5 Å². The summed E-state index contributed by atoms with van der Waals surface area (Å²) in [5.74, 6) is -5.22. The van der Waals surface area contributed by atoms with Gasteiger partial charge in [0.2, 0.25) is 29.5 Å². The van der Waals surface area contributed by atoms with Gasteiger partial charge in [-0.3, -0.25) is 49.2 Å². The fourth-order valence-electron chi connectivity index (χ4n) is 9.95. The average molecular weight is 1090 g/mol. The normalized spacial score (nSPS) is 13.2. The van der Waals surface area contributed by atoms with Crippen molar-refractivity contribution in [2.75, 3.05) is 51.1 Å². The quantitative estimate of drug-likeness (QED) is 0.0162. The first kappa shape index (κ1) is 55.1. The summed E-state index contributed by atoms with van der Waals surface area (Å²) in [6.45, 7) is -1.20. The minimum Gasteiger partial charge on any atom is -0.872 e. The third-order valence-corrected chi connectivity index (χ3v) is 13.9. The van der Waals surface area contributed by atoms with Gasteiger partial charge in [-0.1, -0.05) is 66.7 Å². The van der Waals surface area contributed by atoms with Gasteiger partial charge in [-0.05, 0) is 87.1 Å². The molecular formula is C57H53N8O15-. The second kappa shape index (κ2) is 23.9. The Balaban J connectivity index is 0.651. The van der Waals surface area contributed by atoms with Crippen molar-refractivity contribution < 1.29 is 68.6 Å². The minimum absolute atomic E-state index is 0.0213. The van der Waals surface area contributed by atoms with Crippen molar-refractivity contribution in [2.24, 2.45) is 0 Å². The molecule has 1 fully saturated rings. The van der Waals surface area contributed by atoms with Gasteiger partial charge in [0.25, 0.3) is 5.91 Å². The average Bonchev–Trinajstić information content (AvgIpc) is 4.11. The Bertz CT molecular complexity index is 3760. The Morgan fingerprint density at radius 3 is 2.01 bits per heavy atom. The van der Waals surface area contributed by atoms with E-state index in [1.54, 1.807) is 6.07 Å². The van der Waals surface area contributed by atoms with Crippen LogP contribution in [0.25, 0.3) is 65.7 Å². The number of carbonyl (C=O) groups excluding carboxylic acids is 7. The monoisotopic (exact) mass is 1090 g/mol. The highest BCUT2D eigenvalue weighted by Crippen LogP contribution is 2.42. The molecule has 6 aromatic rings. The standard InChI is InChI=1S/C57H54N8O15/c66-36-11-16-41-45(30-36)80-46-31-37(67)12-17-42(46)53(41)39-15-10-35(29-43(39)56(74)75)61-57(76)65(79)27-20-48(69)59-24-23-58-47(68)19-26-63(77)50(71)18-22-60-54(72)44-5-2-25-62(44)49(70)21-28-64(78)55(73)40-14-9-34-7-6-32-3-1-4-33-8-13-38(40)52(34)51(32)33/h1,3-4,6-17,29-31,44,66,77-79H,2,5,18-28H2,(H,58,68)(H,59,69)(H,60,72)(H,61,76)(H,74,75)/p-1. The number of rotatable bonds is 20. The van der Waals surface area contributed by atoms with Gasteiger partial charge in [0.1, 0.15) is 17.4 Å². The van der Waals surface area contributed by atoms with E-state index in [-0.39, 0.29) is 115 Å². The number of benzene rings is 7. The number of anilines is 1. The smallest absolute Gasteiger partial charge is 0.345 e. The molecule has 2 heterocycles. The van der Waals surface area contributed by atoms with Gasteiger partial charge in [-0.15, -0.1) is 5.75 Å². The van der Waals surface area contributed by atoms with Crippen LogP contribution in [0.15, 0.2) is 118 Å². The summed E-state index contributed by atoms with van der Waals surface area (Å²) < 4.78 is 5.80. The number of carbonyl (C=O) groups is 8. The molecule has 23 nitrogen and oxygen atoms in total. The second-order valence-corrected chi connectivity index (χ2v) is 19.1. The van der Waals surface area contributed by atoms with Crippen molar-refractivity contribution in [3.8, 4) is 28.2 Å². The third-order valence-electron chi connectivity index (χ3n) is 13.9. The van der Waals surface area contributed by atoms with Gasteiger partial charge in [0.15, 0.2) is 5.43 Å². The Kier molecular flexibility index (Phi) is 16.4. The fraction of sp³-hybridized carbons (Fsp3) is 0.246. The molecule has 1 aliphatic carbocycles. The van der Waals surface area contributed by atoms with Gasteiger partial charge < -0.3 is 40.8 Å². The molecule has 8 N–H and O–H groups in total. The molecule has 412 valence electrons. The molecular weight excluding hydrogens is 1040 g/mol. The summed E-state index contributed by atoms with van der Waals surface area (Å²) in [4.78, 5) is 116. The summed E-state index contributed by atoms with van der Waals surface area (Å²) in [6, 6.07) is 27.2. The number of hydroxylamine groups is 6. The maximum Gasteiger partial charge on any atom is 0.345 e. The number of fused-ring (bicyclic) bond motifs is 2. The van der Waals surface area contributed by atoms with E-state index in [1.165, 1.54) is 53.4 Å². The number of amides is 8. The van der Waals surface area contributed by atoms with E-state index in [9.17, 15) is 69.0 Å². The zero-order valence-electron chi connectivity index (χ0n) is 42.7. The van der Waals surface area contributed by atoms with E-state index in [0.29, 0.717) is 44.9 Å². The molecule has 1 atom stereocenters. The molecule has 0 aromatic heterocycles. The lowest BCUT2D eigenvalue weighted by Gasteiger charge is -2.25. The lowest BCUT2D eigenvalue weighted by atomic mass is 9.90. The van der Waals surface area contributed by atoms with Crippen molar-refractivity contribution in [1.29, 1.82) is 0 Å². The number of aromatic carboxylic acids is 1. The molecule has 6 aromatic carbocycles. The van der Waals surface area contributed by atoms with Crippen molar-refractivity contribution in [2.45, 2.75) is 44.6 Å². The lowest BCUT2D eigenvalue weighted by molar-refractivity contribution is -0.268. The highest BCUT2D eigenvalue weighted by molar-refractivity contribution is 6.26. The van der Waals surface area contributed by atoms with Gasteiger partial charge in [-0.25, -0.2) is 24.8 Å². The number of nitrogens with zero attached hydrogens (tertiary/aromatic N) is 4. The first-order valence-electron chi connectivity index (χ1n) is 25.6. The number of likely N-dealkylation sites (tertiary alicyclic amines) is 1. The summed E-state index contributed by atoms with van der Waals surface area (Å²) in [5.41, 5.74) is 0.666. The highest BCUT2D eigenvalue weighted by Gasteiger charge is 2.34. The van der Waals surface area contributed by atoms with Crippen molar-refractivity contribution in [3.05, 3.63) is 131 Å². The molecule has 9 rings (SSSR count). The molecule has 0 saturated carbocycles. The predicted octanol–water partition coefficient (Wildman–Crippen LogP) is 5.11. The molecule has 80 heavy (non-hydrogen) atoms. The SMILES string of the molecule is O=C(CCN(O)C(=O)CCNC(=O)C1CCCN1C(=O)CCN(O)C(=O)c1ccc2ccc3cccc4ccc1c2c34)NCCNC(=O)CCN(O)C(=O)Nc1ccc(-c2c3ccc(=O)cc-3oc3cc([O-])ccc23)c(C(=O)O)c1. The van der Waals surface area contributed by atoms with Crippen LogP contribution in [-0.2, 0) is 24.0 Å². The van der Waals surface area contributed by atoms with Crippen LogP contribution in [0.2, 0.25) is 0 Å². The van der Waals surface area contributed by atoms with Crippen LogP contribution in [0.3, 0.4) is 0 Å². The highest BCUT2D eigenvalue weighted by atomic mass is 16.5. The topological polar surface area (TPSA) is 332 Å². The summed E-state index contributed by atoms with van der Waals surface area (Å²) in [6.07, 6.45) is -0.382. The number of hydrogen-bond donors (Lipinski definition) is 8. The van der Waals surface area contributed by atoms with Crippen LogP contribution >= 0.6 is 0 Å². The van der Waals surface area contributed by atoms with Crippen molar-refractivity contribution >= 4 is 96.4 Å². The van der Waals surface area contributed by atoms with E-state index in [2.05, 4.69) is 21.3 Å². The molecule has 23 heteroatoms. The lowest BCUT2D eigenvalue weighted by Crippen LogP contribution is -2.47. The first-order valence-corrected chi connectivity index (χ1v) is 25.6. The molecule has 2 aliphatic heterocycles. The van der Waals surface area contributed by atoms with Crippen LogP contribution in [0.5, 0.6) is 5.75 Å². The van der Waals surface area contributed by atoms with E-state index in [1.807, 2.05) is 48.5 Å². The second-order valence-electron chi connectivity index (χ2n) is 19.1. The van der Waals surface area contributed by atoms with Crippen LogP contribution in [0.1, 0.15) is 59.2 Å². The van der Waals surface area contributed by atoms with E-state index in [4.69, 9.17) is 4.42 Å². The number of hydrogen-bond acceptors (Lipinski definition) is 14. The largest absolute Gasteiger partial charge is 0.872 e. The minimum atomic E-state index is -1.38. The van der Waals surface area contributed by atoms with Crippen molar-refractivity contribution in [3.63, 3.8) is 0 Å². The van der Waals surface area contributed by atoms with Gasteiger partial charge in [-0.2, -0.15) is 0 Å². The Labute approximate surface area is 454 Å². The maximum atomic E-state index is 13.5. The number of urea groups is 1. The zero-order chi connectivity index (χ0) is 56.8. The van der Waals surface area contributed by atoms with Gasteiger partial charge in [0, 0.05) is 85.7 Å². The molecule has 8 amide bonds. The number of carboxylic acid groups (broad SMARTS) is 1. The van der Waals surface area contributed by atoms with Crippen LogP contribution in [0, 0.1) is 0 Å². The Hall–Kier alpha value is -9.71. The zero-order valence-corrected chi connectivity index (χ0v) is 42.7. The molecule has 0 bridgehead atoms. The Morgan fingerprint density at radius 1 is 0.637 bits per heavy atom. The van der Waals surface area contributed by atoms with E-state index in [0.717, 1.165) is 33.0 Å². The van der Waals surface area contributed by atoms with Gasteiger partial charge >= 0.3 is 12.0 Å². The number of nitrogens with one attached hydrogen (secondary N) is 4. The summed E-state index contributed by atoms with van der Waals surface area (Å²) in [5, 5.41) is 70.8. The van der Waals surface area contributed by atoms with Crippen LogP contribution < -0.4 is 31.8 Å². The van der Waals surface area contributed by atoms with Crippen molar-refractivity contribution in [1.82, 2.24) is 36.0 Å². The summed E-state index contributed by atoms with van der Waals surface area (Å²) >= 11 is 0. The number of carboxylic acids is 1. The molecule has 1 saturated heterocycles. The van der Waals surface area contributed by atoms with Gasteiger partial charge in [0.05, 0.1) is 25.2 Å². The maximum absolute atomic E-state index is 13.5. The molecule has 0 spiro atoms. The molecule has 0 radical (unpaired) electrons. The van der Waals surface area contributed by atoms with E-state index >= 15 is 0 Å². The fourth-order valence-corrected chi connectivity index (χ4v) is 9.95. The van der Waals surface area contributed by atoms with E-state index < -0.39 is 60.0 Å². The first-order chi connectivity index (χ1) is 38.4. The predicted molar refractivity (Wildman–Crippen MR) is 287 cm³/mol. The molecule has 3 aliphatic rings.